The van der Waals surface area contributed by atoms with E-state index in [2.05, 4.69) is 24.3 Å². The fourth-order valence-electron chi connectivity index (χ4n) is 5.65. The monoisotopic (exact) mass is 411 g/mol. The summed E-state index contributed by atoms with van der Waals surface area (Å²) in [7, 11) is 0. The highest BCUT2D eigenvalue weighted by molar-refractivity contribution is 8.01. The van der Waals surface area contributed by atoms with Gasteiger partial charge in [0.15, 0.2) is 11.8 Å². The van der Waals surface area contributed by atoms with Crippen molar-refractivity contribution in [1.29, 1.82) is 0 Å². The van der Waals surface area contributed by atoms with Crippen molar-refractivity contribution >= 4 is 36.1 Å². The third kappa shape index (κ3) is 2.72. The zero-order chi connectivity index (χ0) is 20.2. The van der Waals surface area contributed by atoms with Gasteiger partial charge in [0.25, 0.3) is 0 Å². The number of amides is 2. The molecule has 5 aliphatic rings. The first-order chi connectivity index (χ1) is 14.0. The standard InChI is InChI=1S/C23H27N2O3S/c1-16-5-4-12-25(16,15-26)22(28)21-23(10-11-24(21)29-23)20(27)9-8-17-13-18-6-2-3-7-19(18)14-17/h2-3,6-7,13,15-16,21H,4-5,8-12,14H2,1H3/q+1/t16-,21-,23?,25?/m1/s1. The van der Waals surface area contributed by atoms with Crippen LogP contribution in [-0.4, -0.2) is 56.8 Å². The molecule has 4 fully saturated rings. The van der Waals surface area contributed by atoms with Gasteiger partial charge in [0.2, 0.25) is 0 Å². The van der Waals surface area contributed by atoms with Gasteiger partial charge in [-0.25, -0.2) is 13.9 Å². The van der Waals surface area contributed by atoms with Crippen molar-refractivity contribution in [3.8, 4) is 0 Å². The van der Waals surface area contributed by atoms with Crippen LogP contribution in [0.5, 0.6) is 0 Å². The van der Waals surface area contributed by atoms with Gasteiger partial charge in [0, 0.05) is 25.8 Å². The van der Waals surface area contributed by atoms with Gasteiger partial charge in [-0.1, -0.05) is 47.9 Å². The van der Waals surface area contributed by atoms with Gasteiger partial charge in [-0.15, -0.1) is 0 Å². The molecular formula is C23H27N2O3S+. The molecule has 2 bridgehead atoms. The molecule has 6 heteroatoms. The highest BCUT2D eigenvalue weighted by Gasteiger charge is 2.70. The lowest BCUT2D eigenvalue weighted by Crippen LogP contribution is -2.69. The average Bonchev–Trinajstić information content (AvgIpc) is 3.47. The Hall–Kier alpha value is -1.76. The molecule has 1 aromatic rings. The summed E-state index contributed by atoms with van der Waals surface area (Å²) in [4.78, 5) is 38.8. The maximum Gasteiger partial charge on any atom is 0.341 e. The molecule has 4 aliphatic heterocycles. The maximum absolute atomic E-state index is 13.5. The molecule has 4 heterocycles. The Labute approximate surface area is 175 Å². The minimum atomic E-state index is -0.639. The number of fused-ring (bicyclic) bond motifs is 2. The molecule has 1 aromatic carbocycles. The van der Waals surface area contributed by atoms with Crippen molar-refractivity contribution in [2.24, 2.45) is 0 Å². The second-order valence-corrected chi connectivity index (χ2v) is 10.3. The zero-order valence-electron chi connectivity index (χ0n) is 16.8. The Kier molecular flexibility index (Phi) is 4.57. The molecule has 1 aliphatic carbocycles. The number of hydrogen-bond acceptors (Lipinski definition) is 5. The highest BCUT2D eigenvalue weighted by Crippen LogP contribution is 2.58. The summed E-state index contributed by atoms with van der Waals surface area (Å²) in [5.41, 5.74) is 3.88. The number of carbonyl (C=O) groups is 3. The lowest BCUT2D eigenvalue weighted by Gasteiger charge is -2.47. The molecular weight excluding hydrogens is 384 g/mol. The van der Waals surface area contributed by atoms with E-state index >= 15 is 0 Å². The van der Waals surface area contributed by atoms with Crippen LogP contribution in [0.3, 0.4) is 0 Å². The molecule has 3 unspecified atom stereocenters. The normalized spacial score (nSPS) is 37.0. The Balaban J connectivity index is 1.30. The fourth-order valence-corrected chi connectivity index (χ4v) is 7.18. The minimum Gasteiger partial charge on any atom is -0.298 e. The molecule has 0 spiro atoms. The van der Waals surface area contributed by atoms with Gasteiger partial charge < -0.3 is 0 Å². The number of carbonyl (C=O) groups excluding carboxylic acids is 3. The van der Waals surface area contributed by atoms with Crippen molar-refractivity contribution in [2.45, 2.75) is 62.3 Å². The summed E-state index contributed by atoms with van der Waals surface area (Å²) in [5, 5.41) is 0. The van der Waals surface area contributed by atoms with E-state index in [4.69, 9.17) is 0 Å². The first-order valence-corrected chi connectivity index (χ1v) is 11.4. The zero-order valence-corrected chi connectivity index (χ0v) is 17.6. The van der Waals surface area contributed by atoms with E-state index in [1.54, 1.807) is 11.9 Å². The van der Waals surface area contributed by atoms with Crippen LogP contribution in [0.25, 0.3) is 6.08 Å². The van der Waals surface area contributed by atoms with Crippen LogP contribution < -0.4 is 0 Å². The number of benzene rings is 1. The van der Waals surface area contributed by atoms with Crippen LogP contribution in [0.2, 0.25) is 0 Å². The number of allylic oxidation sites excluding steroid dienone is 1. The summed E-state index contributed by atoms with van der Waals surface area (Å²) in [6.45, 7) is 3.32. The molecule has 152 valence electrons. The largest absolute Gasteiger partial charge is 0.341 e. The van der Waals surface area contributed by atoms with Crippen molar-refractivity contribution in [2.75, 3.05) is 13.1 Å². The Bertz CT molecular complexity index is 924. The topological polar surface area (TPSA) is 54.5 Å². The molecule has 0 aromatic heterocycles. The van der Waals surface area contributed by atoms with E-state index in [0.29, 0.717) is 13.0 Å². The van der Waals surface area contributed by atoms with E-state index in [0.717, 1.165) is 45.1 Å². The number of nitrogens with zero attached hydrogens (tertiary/aromatic N) is 2. The van der Waals surface area contributed by atoms with Crippen molar-refractivity contribution in [1.82, 2.24) is 4.31 Å². The van der Waals surface area contributed by atoms with E-state index < -0.39 is 10.8 Å². The third-order valence-corrected chi connectivity index (χ3v) is 9.07. The maximum atomic E-state index is 13.5. The van der Waals surface area contributed by atoms with E-state index in [9.17, 15) is 14.4 Å². The van der Waals surface area contributed by atoms with Gasteiger partial charge in [-0.2, -0.15) is 4.48 Å². The average molecular weight is 412 g/mol. The van der Waals surface area contributed by atoms with Gasteiger partial charge in [-0.3, -0.25) is 4.79 Å². The molecule has 29 heavy (non-hydrogen) atoms. The molecule has 4 saturated heterocycles. The highest BCUT2D eigenvalue weighted by atomic mass is 32.2. The van der Waals surface area contributed by atoms with E-state index in [1.807, 2.05) is 17.3 Å². The summed E-state index contributed by atoms with van der Waals surface area (Å²) < 4.78 is 1.30. The number of rotatable bonds is 6. The molecule has 0 saturated carbocycles. The van der Waals surface area contributed by atoms with Crippen LogP contribution in [0.15, 0.2) is 29.8 Å². The predicted molar refractivity (Wildman–Crippen MR) is 113 cm³/mol. The van der Waals surface area contributed by atoms with Crippen molar-refractivity contribution in [3.05, 3.63) is 41.0 Å². The number of likely N-dealkylation sites (tertiary alicyclic amines) is 1. The van der Waals surface area contributed by atoms with Crippen molar-refractivity contribution in [3.63, 3.8) is 0 Å². The van der Waals surface area contributed by atoms with Gasteiger partial charge in [0.05, 0.1) is 6.54 Å². The first-order valence-electron chi connectivity index (χ1n) is 10.6. The fraction of sp³-hybridized carbons (Fsp3) is 0.522. The summed E-state index contributed by atoms with van der Waals surface area (Å²) >= 11 is 1.54. The SMILES string of the molecule is C[C@@H]1CCC[N+]1(C=O)C(=O)[C@H]1N2CCC1(C(=O)CCC1=Cc3ccccc3C1)S2. The minimum absolute atomic E-state index is 0.0144. The molecule has 2 amide bonds. The Morgan fingerprint density at radius 2 is 2.17 bits per heavy atom. The van der Waals surface area contributed by atoms with Crippen molar-refractivity contribution < 1.29 is 18.9 Å². The summed E-state index contributed by atoms with van der Waals surface area (Å²) in [6.07, 6.45) is 7.68. The van der Waals surface area contributed by atoms with Crippen LogP contribution >= 0.6 is 11.9 Å². The van der Waals surface area contributed by atoms with Crippen LogP contribution in [0.1, 0.15) is 50.2 Å². The Morgan fingerprint density at radius 3 is 2.86 bits per heavy atom. The number of quaternary nitrogens is 1. The number of ketones is 1. The molecule has 5 atom stereocenters. The van der Waals surface area contributed by atoms with E-state index in [1.165, 1.54) is 16.7 Å². The summed E-state index contributed by atoms with van der Waals surface area (Å²) in [5.74, 6) is 0.129. The number of imide groups is 1. The lowest BCUT2D eigenvalue weighted by atomic mass is 9.88. The van der Waals surface area contributed by atoms with Crippen LogP contribution in [-0.2, 0) is 20.8 Å². The Morgan fingerprint density at radius 1 is 1.34 bits per heavy atom. The number of Topliss-reactive ketones (excluding diaryl/α,β-unsaturated/α-hetero) is 1. The lowest BCUT2D eigenvalue weighted by molar-refractivity contribution is -0.781. The van der Waals surface area contributed by atoms with Gasteiger partial charge >= 0.3 is 12.3 Å². The molecule has 0 N–H and O–H groups in total. The third-order valence-electron chi connectivity index (χ3n) is 7.46. The number of hydrogen-bond donors (Lipinski definition) is 0. The second kappa shape index (κ2) is 6.89. The quantitative estimate of drug-likeness (QED) is 0.409. The summed E-state index contributed by atoms with van der Waals surface area (Å²) in [6, 6.07) is 7.94. The second-order valence-electron chi connectivity index (χ2n) is 8.96. The van der Waals surface area contributed by atoms with E-state index in [-0.39, 0.29) is 22.2 Å². The predicted octanol–water partition coefficient (Wildman–Crippen LogP) is 3.13. The van der Waals surface area contributed by atoms with Gasteiger partial charge in [-0.05, 0) is 37.3 Å². The molecule has 0 radical (unpaired) electrons. The first kappa shape index (κ1) is 19.2. The van der Waals surface area contributed by atoms with Crippen LogP contribution in [0, 0.1) is 0 Å². The smallest absolute Gasteiger partial charge is 0.298 e. The molecule has 5 nitrogen and oxygen atoms in total. The van der Waals surface area contributed by atoms with Crippen LogP contribution in [0.4, 0.5) is 0 Å². The molecule has 6 rings (SSSR count). The van der Waals surface area contributed by atoms with Gasteiger partial charge in [0.1, 0.15) is 10.8 Å².